The summed E-state index contributed by atoms with van der Waals surface area (Å²) in [5.74, 6) is -0.0657. The molecule has 35 heavy (non-hydrogen) atoms. The Labute approximate surface area is 222 Å². The number of nitrogens with one attached hydrogen (secondary N) is 1. The number of halogens is 3. The highest BCUT2D eigenvalue weighted by atomic mass is 79.9. The Bertz CT molecular complexity index is 1380. The van der Waals surface area contributed by atoms with Crippen molar-refractivity contribution in [3.63, 3.8) is 0 Å². The van der Waals surface area contributed by atoms with Crippen molar-refractivity contribution in [3.8, 4) is 0 Å². The number of imidazole rings is 1. The van der Waals surface area contributed by atoms with Crippen LogP contribution in [0, 0.1) is 0 Å². The molecule has 3 aromatic rings. The number of aromatic nitrogens is 2. The Balaban J connectivity index is 1.68. The molecule has 1 fully saturated rings. The van der Waals surface area contributed by atoms with Crippen LogP contribution in [0.3, 0.4) is 0 Å². The van der Waals surface area contributed by atoms with Crippen molar-refractivity contribution in [2.75, 3.05) is 18.0 Å². The van der Waals surface area contributed by atoms with Crippen LogP contribution in [0.5, 0.6) is 0 Å². The van der Waals surface area contributed by atoms with E-state index in [1.54, 1.807) is 29.7 Å². The van der Waals surface area contributed by atoms with Crippen LogP contribution in [0.4, 0.5) is 11.6 Å². The van der Waals surface area contributed by atoms with Gasteiger partial charge >= 0.3 is 0 Å². The molecule has 2 aliphatic rings. The average Bonchev–Trinajstić information content (AvgIpc) is 3.34. The van der Waals surface area contributed by atoms with Gasteiger partial charge in [0.15, 0.2) is 14.9 Å². The van der Waals surface area contributed by atoms with Gasteiger partial charge in [-0.05, 0) is 68.8 Å². The second kappa shape index (κ2) is 9.19. The Hall–Kier alpha value is -1.91. The first kappa shape index (κ1) is 24.8. The standard InChI is InChI=1S/C24H23BrCl2N4O3S/c1-24(13-15-2-4-16(25)5-3-15)22(32)30(19-11-17(26)10-18(27)12-19)23-29-14-21(31(23)24)35(33,34)20-6-8-28-9-7-20/h2-5,10-12,14,20,28H,6-9,13H2,1H3/t24-/m1/s1. The fraction of sp³-hybridized carbons (Fsp3) is 0.333. The zero-order valence-corrected chi connectivity index (χ0v) is 22.8. The van der Waals surface area contributed by atoms with E-state index in [9.17, 15) is 13.2 Å². The van der Waals surface area contributed by atoms with Gasteiger partial charge in [-0.15, -0.1) is 0 Å². The van der Waals surface area contributed by atoms with E-state index < -0.39 is 20.6 Å². The van der Waals surface area contributed by atoms with E-state index in [1.165, 1.54) is 11.1 Å². The van der Waals surface area contributed by atoms with E-state index in [-0.39, 0.29) is 23.3 Å². The molecule has 184 valence electrons. The van der Waals surface area contributed by atoms with Gasteiger partial charge in [0.05, 0.1) is 17.1 Å². The van der Waals surface area contributed by atoms with Crippen LogP contribution in [0.25, 0.3) is 0 Å². The van der Waals surface area contributed by atoms with E-state index in [0.29, 0.717) is 41.7 Å². The molecule has 7 nitrogen and oxygen atoms in total. The number of hydrogen-bond donors (Lipinski definition) is 1. The summed E-state index contributed by atoms with van der Waals surface area (Å²) in [5, 5.41) is 3.46. The van der Waals surface area contributed by atoms with Gasteiger partial charge in [-0.25, -0.2) is 18.3 Å². The zero-order valence-electron chi connectivity index (χ0n) is 18.8. The maximum atomic E-state index is 14.1. The van der Waals surface area contributed by atoms with Crippen molar-refractivity contribution in [1.29, 1.82) is 0 Å². The van der Waals surface area contributed by atoms with Gasteiger partial charge in [0.1, 0.15) is 5.54 Å². The van der Waals surface area contributed by atoms with Crippen molar-refractivity contribution in [3.05, 3.63) is 68.7 Å². The Kier molecular flexibility index (Phi) is 6.51. The first-order chi connectivity index (χ1) is 16.6. The molecule has 1 aromatic heterocycles. The maximum Gasteiger partial charge on any atom is 0.260 e. The molecule has 1 atom stereocenters. The third-order valence-electron chi connectivity index (χ3n) is 6.65. The summed E-state index contributed by atoms with van der Waals surface area (Å²) in [5.41, 5.74) is 0.0913. The van der Waals surface area contributed by atoms with Crippen molar-refractivity contribution in [2.24, 2.45) is 0 Å². The van der Waals surface area contributed by atoms with Crippen LogP contribution in [-0.2, 0) is 26.6 Å². The minimum Gasteiger partial charge on any atom is -0.317 e. The van der Waals surface area contributed by atoms with Crippen LogP contribution >= 0.6 is 39.1 Å². The minimum atomic E-state index is -3.74. The number of anilines is 2. The quantitative estimate of drug-likeness (QED) is 0.442. The third-order valence-corrected chi connectivity index (χ3v) is 9.84. The molecule has 0 spiro atoms. The predicted molar refractivity (Wildman–Crippen MR) is 140 cm³/mol. The predicted octanol–water partition coefficient (Wildman–Crippen LogP) is 5.11. The zero-order chi connectivity index (χ0) is 25.0. The van der Waals surface area contributed by atoms with E-state index in [2.05, 4.69) is 26.2 Å². The van der Waals surface area contributed by atoms with Crippen LogP contribution in [-0.4, -0.2) is 42.2 Å². The third kappa shape index (κ3) is 4.31. The summed E-state index contributed by atoms with van der Waals surface area (Å²) in [6.07, 6.45) is 2.67. The molecule has 2 aromatic carbocycles. The summed E-state index contributed by atoms with van der Waals surface area (Å²) in [7, 11) is -3.74. The molecule has 0 unspecified atom stereocenters. The van der Waals surface area contributed by atoms with Crippen LogP contribution in [0.15, 0.2) is 58.2 Å². The first-order valence-electron chi connectivity index (χ1n) is 11.2. The molecular formula is C24H23BrCl2N4O3S. The van der Waals surface area contributed by atoms with Crippen LogP contribution in [0.1, 0.15) is 25.3 Å². The number of piperidine rings is 1. The molecular weight excluding hydrogens is 575 g/mol. The van der Waals surface area contributed by atoms with Gasteiger partial charge in [0, 0.05) is 20.9 Å². The largest absolute Gasteiger partial charge is 0.317 e. The monoisotopic (exact) mass is 596 g/mol. The number of rotatable bonds is 5. The summed E-state index contributed by atoms with van der Waals surface area (Å²) in [6.45, 7) is 3.02. The number of amides is 1. The first-order valence-corrected chi connectivity index (χ1v) is 14.3. The lowest BCUT2D eigenvalue weighted by Gasteiger charge is -2.28. The Morgan fingerprint density at radius 1 is 1.11 bits per heavy atom. The van der Waals surface area contributed by atoms with Gasteiger partial charge in [0.2, 0.25) is 5.95 Å². The maximum absolute atomic E-state index is 14.1. The molecule has 3 heterocycles. The van der Waals surface area contributed by atoms with Crippen molar-refractivity contribution in [2.45, 2.75) is 42.0 Å². The van der Waals surface area contributed by atoms with Gasteiger partial charge in [0.25, 0.3) is 5.91 Å². The highest BCUT2D eigenvalue weighted by Crippen LogP contribution is 2.45. The fourth-order valence-corrected chi connectivity index (χ4v) is 7.62. The summed E-state index contributed by atoms with van der Waals surface area (Å²) in [6, 6.07) is 12.4. The van der Waals surface area contributed by atoms with Gasteiger partial charge in [-0.3, -0.25) is 9.36 Å². The highest BCUT2D eigenvalue weighted by molar-refractivity contribution is 9.10. The molecule has 11 heteroatoms. The van der Waals surface area contributed by atoms with E-state index in [1.807, 2.05) is 24.3 Å². The number of nitrogens with zero attached hydrogens (tertiary/aromatic N) is 3. The number of fused-ring (bicyclic) bond motifs is 1. The number of sulfone groups is 1. The number of benzene rings is 2. The molecule has 2 aliphatic heterocycles. The minimum absolute atomic E-state index is 0.0583. The second-order valence-electron chi connectivity index (χ2n) is 9.07. The molecule has 1 N–H and O–H groups in total. The number of carbonyl (C=O) groups is 1. The summed E-state index contributed by atoms with van der Waals surface area (Å²) >= 11 is 15.9. The van der Waals surface area contributed by atoms with Gasteiger partial charge in [-0.2, -0.15) is 0 Å². The lowest BCUT2D eigenvalue weighted by molar-refractivity contribution is -0.124. The van der Waals surface area contributed by atoms with Crippen LogP contribution in [0.2, 0.25) is 10.0 Å². The highest BCUT2D eigenvalue weighted by Gasteiger charge is 2.52. The van der Waals surface area contributed by atoms with Crippen LogP contribution < -0.4 is 10.2 Å². The topological polar surface area (TPSA) is 84.3 Å². The fourth-order valence-electron chi connectivity index (χ4n) is 4.91. The SMILES string of the molecule is C[C@@]1(Cc2ccc(Br)cc2)C(=O)N(c2cc(Cl)cc(Cl)c2)c2ncc(S(=O)(=O)C3CCNCC3)n21. The summed E-state index contributed by atoms with van der Waals surface area (Å²) < 4.78 is 30.1. The van der Waals surface area contributed by atoms with E-state index >= 15 is 0 Å². The normalized spacial score (nSPS) is 20.9. The lowest BCUT2D eigenvalue weighted by Crippen LogP contribution is -2.43. The average molecular weight is 598 g/mol. The Morgan fingerprint density at radius 2 is 1.74 bits per heavy atom. The molecule has 0 radical (unpaired) electrons. The number of carbonyl (C=O) groups excluding carboxylic acids is 1. The number of hydrogen-bond acceptors (Lipinski definition) is 5. The Morgan fingerprint density at radius 3 is 2.37 bits per heavy atom. The van der Waals surface area contributed by atoms with Crippen molar-refractivity contribution in [1.82, 2.24) is 14.9 Å². The molecule has 0 saturated carbocycles. The molecule has 0 aliphatic carbocycles. The molecule has 5 rings (SSSR count). The lowest BCUT2D eigenvalue weighted by atomic mass is 9.92. The van der Waals surface area contributed by atoms with Gasteiger partial charge in [-0.1, -0.05) is 51.3 Å². The van der Waals surface area contributed by atoms with Gasteiger partial charge < -0.3 is 5.32 Å². The van der Waals surface area contributed by atoms with E-state index in [4.69, 9.17) is 23.2 Å². The molecule has 1 saturated heterocycles. The second-order valence-corrected chi connectivity index (χ2v) is 13.0. The van der Waals surface area contributed by atoms with Crippen molar-refractivity contribution >= 4 is 66.5 Å². The van der Waals surface area contributed by atoms with Crippen molar-refractivity contribution < 1.29 is 13.2 Å². The smallest absolute Gasteiger partial charge is 0.260 e. The molecule has 1 amide bonds. The molecule has 0 bridgehead atoms. The summed E-state index contributed by atoms with van der Waals surface area (Å²) in [4.78, 5) is 19.9. The van der Waals surface area contributed by atoms with E-state index in [0.717, 1.165) is 10.0 Å².